The summed E-state index contributed by atoms with van der Waals surface area (Å²) in [6, 6.07) is 0.237. The molecule has 4 unspecified atom stereocenters. The van der Waals surface area contributed by atoms with Crippen LogP contribution in [0, 0.1) is 11.1 Å². The van der Waals surface area contributed by atoms with E-state index >= 15 is 0 Å². The van der Waals surface area contributed by atoms with Crippen LogP contribution in [0.1, 0.15) is 17.9 Å². The highest BCUT2D eigenvalue weighted by atomic mass is 35.5. The lowest BCUT2D eigenvalue weighted by Gasteiger charge is -2.36. The standard InChI is InChI=1S/C13H13ClN2O5/c14-7-4-8(17)11-9(12(7)16(20)21)5-2-1-3-6(5)10(15-11)13(18)19/h1-2,4-6,10,15-17,20H,3H2,(H,18,19). The number of quaternary nitrogens is 1. The van der Waals surface area contributed by atoms with Crippen LogP contribution in [0.2, 0.25) is 5.02 Å². The molecule has 5 N–H and O–H groups in total. The van der Waals surface area contributed by atoms with E-state index in [4.69, 9.17) is 11.6 Å². The number of aromatic hydroxyl groups is 1. The van der Waals surface area contributed by atoms with Crippen LogP contribution in [0.15, 0.2) is 18.2 Å². The van der Waals surface area contributed by atoms with E-state index in [1.807, 2.05) is 6.08 Å². The molecule has 0 spiro atoms. The molecule has 1 aliphatic heterocycles. The van der Waals surface area contributed by atoms with E-state index in [0.717, 1.165) is 6.07 Å². The summed E-state index contributed by atoms with van der Waals surface area (Å²) in [6.45, 7) is 0. The summed E-state index contributed by atoms with van der Waals surface area (Å²) in [6.07, 6.45) is 4.13. The Morgan fingerprint density at radius 3 is 2.86 bits per heavy atom. The predicted molar refractivity (Wildman–Crippen MR) is 73.9 cm³/mol. The average molecular weight is 313 g/mol. The normalized spacial score (nSPS) is 27.7. The van der Waals surface area contributed by atoms with Crippen molar-refractivity contribution in [3.63, 3.8) is 0 Å². The maximum atomic E-state index is 11.5. The molecular weight excluding hydrogens is 300 g/mol. The van der Waals surface area contributed by atoms with Crippen LogP contribution in [0.4, 0.5) is 11.4 Å². The molecule has 7 nitrogen and oxygen atoms in total. The summed E-state index contributed by atoms with van der Waals surface area (Å²) < 4.78 is 0. The average Bonchev–Trinajstić information content (AvgIpc) is 2.86. The fourth-order valence-corrected chi connectivity index (χ4v) is 3.48. The number of fused-ring (bicyclic) bond motifs is 3. The molecule has 0 aromatic heterocycles. The SMILES string of the molecule is O=C(O)C1Nc2c(O)cc(Cl)c([NH+]([O-])O)c2C2C=CCC12. The van der Waals surface area contributed by atoms with Gasteiger partial charge in [0.25, 0.3) is 0 Å². The molecule has 1 aromatic rings. The molecule has 21 heavy (non-hydrogen) atoms. The lowest BCUT2D eigenvalue weighted by Crippen LogP contribution is -2.99. The second kappa shape index (κ2) is 4.88. The Labute approximate surface area is 124 Å². The first kappa shape index (κ1) is 14.2. The maximum Gasteiger partial charge on any atom is 0.326 e. The van der Waals surface area contributed by atoms with E-state index in [1.165, 1.54) is 0 Å². The largest absolute Gasteiger partial charge is 0.595 e. The van der Waals surface area contributed by atoms with Crippen LogP contribution >= 0.6 is 11.6 Å². The third kappa shape index (κ3) is 2.06. The number of benzene rings is 1. The van der Waals surface area contributed by atoms with Gasteiger partial charge >= 0.3 is 5.97 Å². The first-order valence-electron chi connectivity index (χ1n) is 6.36. The number of phenolic OH excluding ortho intramolecular Hbond substituents is 1. The van der Waals surface area contributed by atoms with Gasteiger partial charge in [-0.2, -0.15) is 5.23 Å². The molecular formula is C13H13ClN2O5. The molecule has 1 aromatic carbocycles. The molecule has 3 rings (SSSR count). The number of allylic oxidation sites excluding steroid dienone is 2. The maximum absolute atomic E-state index is 11.5. The topological polar surface area (TPSA) is 117 Å². The highest BCUT2D eigenvalue weighted by Gasteiger charge is 2.44. The van der Waals surface area contributed by atoms with Gasteiger partial charge in [-0.15, -0.1) is 0 Å². The van der Waals surface area contributed by atoms with Gasteiger partial charge in [-0.1, -0.05) is 23.8 Å². The Kier molecular flexibility index (Phi) is 3.29. The quantitative estimate of drug-likeness (QED) is 0.240. The fourth-order valence-electron chi connectivity index (χ4n) is 3.19. The van der Waals surface area contributed by atoms with Crippen molar-refractivity contribution in [2.24, 2.45) is 5.92 Å². The van der Waals surface area contributed by atoms with Crippen molar-refractivity contribution in [1.82, 2.24) is 0 Å². The summed E-state index contributed by atoms with van der Waals surface area (Å²) >= 11 is 5.94. The zero-order valence-electron chi connectivity index (χ0n) is 10.7. The number of rotatable bonds is 2. The minimum absolute atomic E-state index is 0.0617. The first-order chi connectivity index (χ1) is 9.91. The van der Waals surface area contributed by atoms with Crippen LogP contribution in [-0.4, -0.2) is 27.4 Å². The van der Waals surface area contributed by atoms with Crippen LogP contribution in [-0.2, 0) is 4.79 Å². The highest BCUT2D eigenvalue weighted by molar-refractivity contribution is 6.33. The molecule has 8 heteroatoms. The molecule has 112 valence electrons. The third-order valence-corrected chi connectivity index (χ3v) is 4.35. The fraction of sp³-hybridized carbons (Fsp3) is 0.308. The lowest BCUT2D eigenvalue weighted by molar-refractivity contribution is -0.991. The lowest BCUT2D eigenvalue weighted by atomic mass is 9.78. The Morgan fingerprint density at radius 2 is 2.24 bits per heavy atom. The summed E-state index contributed by atoms with van der Waals surface area (Å²) in [5, 5.41) is 41.7. The van der Waals surface area contributed by atoms with Crippen molar-refractivity contribution in [1.29, 1.82) is 0 Å². The van der Waals surface area contributed by atoms with Gasteiger partial charge in [0.15, 0.2) is 5.69 Å². The number of hydrogen-bond acceptors (Lipinski definition) is 5. The van der Waals surface area contributed by atoms with E-state index in [-0.39, 0.29) is 28.1 Å². The van der Waals surface area contributed by atoms with Crippen LogP contribution in [0.25, 0.3) is 0 Å². The van der Waals surface area contributed by atoms with E-state index in [1.54, 1.807) is 6.08 Å². The van der Waals surface area contributed by atoms with E-state index < -0.39 is 23.2 Å². The highest BCUT2D eigenvalue weighted by Crippen LogP contribution is 2.51. The van der Waals surface area contributed by atoms with Gasteiger partial charge in [-0.25, -0.2) is 10.0 Å². The molecule has 0 saturated carbocycles. The zero-order chi connectivity index (χ0) is 15.3. The Morgan fingerprint density at radius 1 is 1.52 bits per heavy atom. The molecule has 0 amide bonds. The van der Waals surface area contributed by atoms with E-state index in [9.17, 15) is 25.4 Å². The Hall–Kier alpha value is -1.80. The number of hydrogen-bond donors (Lipinski definition) is 5. The summed E-state index contributed by atoms with van der Waals surface area (Å²) in [4.78, 5) is 11.4. The van der Waals surface area contributed by atoms with E-state index in [0.29, 0.717) is 12.0 Å². The van der Waals surface area contributed by atoms with Gasteiger partial charge in [0.2, 0.25) is 0 Å². The number of carboxylic acid groups (broad SMARTS) is 1. The van der Waals surface area contributed by atoms with Crippen molar-refractivity contribution in [2.45, 2.75) is 18.4 Å². The summed E-state index contributed by atoms with van der Waals surface area (Å²) in [5.41, 5.74) is 0.392. The second-order valence-electron chi connectivity index (χ2n) is 5.16. The van der Waals surface area contributed by atoms with Crippen molar-refractivity contribution in [3.05, 3.63) is 34.0 Å². The first-order valence-corrected chi connectivity index (χ1v) is 6.74. The van der Waals surface area contributed by atoms with Gasteiger partial charge in [0, 0.05) is 17.9 Å². The number of halogens is 1. The second-order valence-corrected chi connectivity index (χ2v) is 5.57. The van der Waals surface area contributed by atoms with Crippen molar-refractivity contribution >= 4 is 28.9 Å². The molecule has 0 bridgehead atoms. The van der Waals surface area contributed by atoms with Gasteiger partial charge < -0.3 is 20.7 Å². The number of phenols is 1. The predicted octanol–water partition coefficient (Wildman–Crippen LogP) is 0.987. The van der Waals surface area contributed by atoms with E-state index in [2.05, 4.69) is 5.32 Å². The molecule has 4 atom stereocenters. The van der Waals surface area contributed by atoms with Gasteiger partial charge in [-0.05, 0) is 6.42 Å². The summed E-state index contributed by atoms with van der Waals surface area (Å²) in [7, 11) is 0. The molecule has 0 saturated heterocycles. The van der Waals surface area contributed by atoms with Crippen molar-refractivity contribution < 1.29 is 25.4 Å². The minimum Gasteiger partial charge on any atom is -0.595 e. The number of aliphatic carboxylic acids is 1. The number of carboxylic acids is 1. The molecule has 1 heterocycles. The van der Waals surface area contributed by atoms with Crippen LogP contribution < -0.4 is 10.5 Å². The number of nitrogens with one attached hydrogen (secondary N) is 2. The molecule has 2 aliphatic rings. The van der Waals surface area contributed by atoms with Gasteiger partial charge in [0.05, 0.1) is 11.3 Å². The molecule has 1 aliphatic carbocycles. The molecule has 0 radical (unpaired) electrons. The van der Waals surface area contributed by atoms with Gasteiger partial charge in [-0.3, -0.25) is 0 Å². The van der Waals surface area contributed by atoms with Gasteiger partial charge in [0.1, 0.15) is 16.8 Å². The smallest absolute Gasteiger partial charge is 0.326 e. The summed E-state index contributed by atoms with van der Waals surface area (Å²) in [5.74, 6) is -1.97. The zero-order valence-corrected chi connectivity index (χ0v) is 11.5. The number of carbonyl (C=O) groups is 1. The third-order valence-electron chi connectivity index (χ3n) is 4.05. The monoisotopic (exact) mass is 312 g/mol. The van der Waals surface area contributed by atoms with Crippen molar-refractivity contribution in [2.75, 3.05) is 5.32 Å². The van der Waals surface area contributed by atoms with Crippen molar-refractivity contribution in [3.8, 4) is 5.75 Å². The van der Waals surface area contributed by atoms with Crippen LogP contribution in [0.3, 0.4) is 0 Å². The Bertz CT molecular complexity index is 646. The number of anilines is 1. The van der Waals surface area contributed by atoms with Crippen LogP contribution in [0.5, 0.6) is 5.75 Å². The molecule has 0 fully saturated rings. The minimum atomic E-state index is -1.20. The Balaban J connectivity index is 2.24.